The molecule has 21 saturated heterocycles. The summed E-state index contributed by atoms with van der Waals surface area (Å²) in [6, 6.07) is 0. The molecule has 81 heavy (non-hydrogen) atoms. The molecule has 14 bridgehead atoms. The van der Waals surface area contributed by atoms with Gasteiger partial charge in [-0.25, -0.2) is 0 Å². The van der Waals surface area contributed by atoms with Crippen molar-refractivity contribution in [2.75, 3.05) is 46.2 Å². The molecule has 0 radical (unpaired) electrons. The topological polar surface area (TPSA) is 554 Å². The molecule has 472 valence electrons. The number of rotatable bonds is 7. The lowest BCUT2D eigenvalue weighted by Gasteiger charge is -2.50. The Labute approximate surface area is 459 Å². The predicted molar refractivity (Wildman–Crippen MR) is 247 cm³/mol. The van der Waals surface area contributed by atoms with Gasteiger partial charge in [-0.2, -0.15) is 0 Å². The smallest absolute Gasteiger partial charge is 0.187 e. The summed E-state index contributed by atoms with van der Waals surface area (Å²) in [5.74, 6) is 0. The van der Waals surface area contributed by atoms with Crippen molar-refractivity contribution >= 4 is 0 Å². The van der Waals surface area contributed by atoms with E-state index in [9.17, 15) is 107 Å². The largest absolute Gasteiger partial charge is 0.394 e. The van der Waals surface area contributed by atoms with Gasteiger partial charge < -0.3 is 174 Å². The van der Waals surface area contributed by atoms with Crippen LogP contribution in [0.25, 0.3) is 0 Å². The van der Waals surface area contributed by atoms with E-state index in [2.05, 4.69) is 0 Å². The van der Waals surface area contributed by atoms with Crippen molar-refractivity contribution in [3.8, 4) is 0 Å². The van der Waals surface area contributed by atoms with E-state index in [1.54, 1.807) is 0 Å². The molecule has 21 N–H and O–H groups in total. The molecule has 1 saturated carbocycles. The second-order valence-electron chi connectivity index (χ2n) is 21.1. The molecule has 0 aromatic carbocycles. The molecule has 1 aliphatic carbocycles. The van der Waals surface area contributed by atoms with Crippen molar-refractivity contribution in [1.29, 1.82) is 0 Å². The molecule has 22 fully saturated rings. The van der Waals surface area contributed by atoms with Gasteiger partial charge in [0.25, 0.3) is 0 Å². The molecular weight excluding hydrogens is 1110 g/mol. The third-order valence-electron chi connectivity index (χ3n) is 15.8. The fourth-order valence-corrected chi connectivity index (χ4v) is 10.7. The second kappa shape index (κ2) is 28.6. The highest BCUT2D eigenvalue weighted by molar-refractivity contribution is 5.01. The highest BCUT2D eigenvalue weighted by Gasteiger charge is 2.59. The molecular formula is C46H78O35. The van der Waals surface area contributed by atoms with Crippen molar-refractivity contribution in [2.24, 2.45) is 0 Å². The average Bonchev–Trinajstić information content (AvgIpc) is 3.52. The van der Waals surface area contributed by atoms with Crippen LogP contribution in [0.5, 0.6) is 0 Å². The van der Waals surface area contributed by atoms with Crippen LogP contribution in [0.2, 0.25) is 0 Å². The van der Waals surface area contributed by atoms with Gasteiger partial charge in [-0.3, -0.25) is 0 Å². The van der Waals surface area contributed by atoms with Crippen LogP contribution in [0.4, 0.5) is 0 Å². The lowest BCUT2D eigenvalue weighted by Crippen LogP contribution is -2.68. The number of aliphatic hydroxyl groups is 21. The van der Waals surface area contributed by atoms with E-state index in [4.69, 9.17) is 66.3 Å². The maximum atomic E-state index is 11.3. The zero-order chi connectivity index (χ0) is 58.9. The Hall–Kier alpha value is -1.40. The van der Waals surface area contributed by atoms with Gasteiger partial charge in [0, 0.05) is 0 Å². The van der Waals surface area contributed by atoms with E-state index < -0.39 is 261 Å². The quantitative estimate of drug-likeness (QED) is 0.113. The average molecular weight is 1190 g/mol. The molecule has 0 aromatic heterocycles. The van der Waals surface area contributed by atoms with E-state index in [1.165, 1.54) is 25.7 Å². The number of hydrogen-bond donors (Lipinski definition) is 21. The molecule has 35 nitrogen and oxygen atoms in total. The van der Waals surface area contributed by atoms with Gasteiger partial charge in [0.1, 0.15) is 171 Å². The number of aliphatic hydroxyl groups excluding tert-OH is 21. The first kappa shape index (κ1) is 65.6. The standard InChI is InChI=1S/C42H70O35.C4H8/c43-1-8-29-15(50)22(57)36(64-8)72-30-9(2-44)66-38(24(59)17(30)52)74-32-11(4-46)68-40(26(61)19(32)54)76-34-13(6-48)70-42(28(63)21(34)56)77-35-14(7-49)69-41(27(62)20(35)55)75-33-12(5-47)67-39(25(60)18(33)53)73-31-10(3-45)65-37(71-29)23(58)16(31)51;1-2-4-3-1/h8-63H,1-7H2;1-4H2/t8?,9?,10?,11?,12?,13?,14?,15-,16-,17-,18-,19-,20-,21-,22?,23?,24?,25?,26?,27?,28?,29-,30-,31-,32-,33-,34-,35-,36-,37-,38-,39-,40-,41-,42-;/m1./s1. The monoisotopic (exact) mass is 1190 g/mol. The van der Waals surface area contributed by atoms with Crippen molar-refractivity contribution in [3.63, 3.8) is 0 Å². The van der Waals surface area contributed by atoms with Gasteiger partial charge in [0.15, 0.2) is 44.0 Å². The fourth-order valence-electron chi connectivity index (χ4n) is 10.7. The lowest BCUT2D eigenvalue weighted by atomic mass is 9.95. The summed E-state index contributed by atoms with van der Waals surface area (Å²) in [6.07, 6.45) is -64.2. The summed E-state index contributed by atoms with van der Waals surface area (Å²) in [5.41, 5.74) is 0. The Balaban J connectivity index is 0.00000206. The summed E-state index contributed by atoms with van der Waals surface area (Å²) in [7, 11) is 0. The molecule has 0 amide bonds. The van der Waals surface area contributed by atoms with Crippen molar-refractivity contribution in [1.82, 2.24) is 0 Å². The van der Waals surface area contributed by atoms with Crippen LogP contribution in [-0.4, -0.2) is 368 Å². The Morgan fingerprint density at radius 2 is 0.284 bits per heavy atom. The van der Waals surface area contributed by atoms with Crippen LogP contribution in [0.15, 0.2) is 0 Å². The minimum Gasteiger partial charge on any atom is -0.394 e. The number of ether oxygens (including phenoxy) is 14. The normalized spacial score (nSPS) is 53.8. The molecule has 35 heteroatoms. The van der Waals surface area contributed by atoms with Gasteiger partial charge in [-0.15, -0.1) is 0 Å². The first-order valence-corrected chi connectivity index (χ1v) is 26.6. The van der Waals surface area contributed by atoms with E-state index in [1.807, 2.05) is 0 Å². The van der Waals surface area contributed by atoms with Crippen molar-refractivity contribution in [2.45, 2.75) is 241 Å². The van der Waals surface area contributed by atoms with E-state index in [-0.39, 0.29) is 0 Å². The van der Waals surface area contributed by atoms with Gasteiger partial charge >= 0.3 is 0 Å². The molecule has 0 aromatic rings. The Bertz CT molecular complexity index is 1530. The fraction of sp³-hybridized carbons (Fsp3) is 1.00. The second-order valence-corrected chi connectivity index (χ2v) is 21.1. The van der Waals surface area contributed by atoms with E-state index in [0.717, 1.165) is 0 Å². The van der Waals surface area contributed by atoms with Crippen molar-refractivity contribution < 1.29 is 174 Å². The number of hydrogen-bond acceptors (Lipinski definition) is 35. The highest BCUT2D eigenvalue weighted by Crippen LogP contribution is 2.39. The Kier molecular flexibility index (Phi) is 23.2. The van der Waals surface area contributed by atoms with Crippen LogP contribution in [0.1, 0.15) is 25.7 Å². The predicted octanol–water partition coefficient (Wildman–Crippen LogP) is -13.7. The van der Waals surface area contributed by atoms with Crippen LogP contribution in [-0.2, 0) is 66.3 Å². The summed E-state index contributed by atoms with van der Waals surface area (Å²) in [4.78, 5) is 0. The molecule has 22 rings (SSSR count). The minimum absolute atomic E-state index is 1.05. The van der Waals surface area contributed by atoms with Crippen LogP contribution < -0.4 is 0 Å². The van der Waals surface area contributed by atoms with Gasteiger partial charge in [-0.05, 0) is 0 Å². The van der Waals surface area contributed by atoms with Crippen LogP contribution in [0, 0.1) is 0 Å². The first-order chi connectivity index (χ1) is 38.7. The highest BCUT2D eigenvalue weighted by atomic mass is 16.8. The van der Waals surface area contributed by atoms with Crippen molar-refractivity contribution in [3.05, 3.63) is 0 Å². The van der Waals surface area contributed by atoms with Crippen LogP contribution >= 0.6 is 0 Å². The molecule has 35 atom stereocenters. The SMILES string of the molecule is C1CCC1.OCC1O[C@@H]2O[C@@H]3C(CO)O[C@H](O[C@@H]4C(CO)O[C@H](O[C@@H]5C(CO)O[C@H](O[C@@H]6C(CO)O[C@H](O[C@@H]7C(CO)O[C@H](O[C@@H]8C(CO)O[C@H](O[C@H]1[C@H](O)C2O)C(O)[C@H]8O)C(O)[C@H]7O)C(O)[C@H]6O)C(O)[C@H]5O)C(O)[C@H]4O)C(O)[C@H]3O. The summed E-state index contributed by atoms with van der Waals surface area (Å²) < 4.78 is 79.5. The zero-order valence-electron chi connectivity index (χ0n) is 43.1. The summed E-state index contributed by atoms with van der Waals surface area (Å²) >= 11 is 0. The Morgan fingerprint density at radius 3 is 0.370 bits per heavy atom. The third kappa shape index (κ3) is 13.5. The minimum atomic E-state index is -2.21. The molecule has 14 unspecified atom stereocenters. The van der Waals surface area contributed by atoms with Gasteiger partial charge in [0.05, 0.1) is 46.2 Å². The summed E-state index contributed by atoms with van der Waals surface area (Å²) in [6.45, 7) is -7.33. The maximum Gasteiger partial charge on any atom is 0.187 e. The first-order valence-electron chi connectivity index (χ1n) is 26.6. The molecule has 21 aliphatic heterocycles. The molecule has 22 aliphatic rings. The Morgan fingerprint density at radius 1 is 0.173 bits per heavy atom. The third-order valence-corrected chi connectivity index (χ3v) is 15.8. The van der Waals surface area contributed by atoms with E-state index in [0.29, 0.717) is 0 Å². The zero-order valence-corrected chi connectivity index (χ0v) is 43.1. The van der Waals surface area contributed by atoms with Gasteiger partial charge in [-0.1, -0.05) is 25.7 Å². The van der Waals surface area contributed by atoms with E-state index >= 15 is 0 Å². The maximum absolute atomic E-state index is 11.3. The molecule has 0 spiro atoms. The molecule has 21 heterocycles. The lowest BCUT2D eigenvalue weighted by molar-refractivity contribution is -0.396. The summed E-state index contributed by atoms with van der Waals surface area (Å²) in [5, 5.41) is 230. The van der Waals surface area contributed by atoms with Crippen LogP contribution in [0.3, 0.4) is 0 Å². The van der Waals surface area contributed by atoms with Gasteiger partial charge in [0.2, 0.25) is 0 Å².